The molecule has 0 atom stereocenters. The fourth-order valence-electron chi connectivity index (χ4n) is 8.91. The molecule has 7 heteroatoms. The van der Waals surface area contributed by atoms with Crippen molar-refractivity contribution in [2.24, 2.45) is 0 Å². The molecule has 0 bridgehead atoms. The van der Waals surface area contributed by atoms with Gasteiger partial charge in [-0.1, -0.05) is 69.4 Å². The van der Waals surface area contributed by atoms with Gasteiger partial charge in [0.2, 0.25) is 0 Å². The molecule has 0 aromatic carbocycles. The number of nitrogens with one attached hydrogen (secondary N) is 3. The van der Waals surface area contributed by atoms with Gasteiger partial charge in [-0.15, -0.1) is 0 Å². The molecule has 3 aromatic heterocycles. The Labute approximate surface area is 262 Å². The van der Waals surface area contributed by atoms with Crippen LogP contribution in [0.3, 0.4) is 0 Å². The second-order valence-corrected chi connectivity index (χ2v) is 14.4. The number of halogens is 1. The molecule has 228 valence electrons. The molecular weight excluding hydrogens is 552 g/mol. The highest BCUT2D eigenvalue weighted by Crippen LogP contribution is 2.47. The molecule has 6 heterocycles. The maximum Gasteiger partial charge on any atom is 0.0715 e. The molecule has 3 aliphatic heterocycles. The Morgan fingerprint density at radius 2 is 0.907 bits per heavy atom. The minimum atomic E-state index is 0.318. The van der Waals surface area contributed by atoms with E-state index in [-0.39, 0.29) is 0 Å². The molecule has 0 unspecified atom stereocenters. The molecule has 6 aliphatic rings. The van der Waals surface area contributed by atoms with Gasteiger partial charge in [-0.25, -0.2) is 0 Å². The number of aromatic nitrogens is 3. The standard InChI is InChI=1S/C12H15ClN2.2C12H16N2/c13-9-6-10-11(14-7-9)12(8-15-10)4-2-1-3-5-12;2*1-2-6-12(7-3-1)9-14-10-5-4-8-13-11(10)12/h6-7,15H,1-5,8H2;2*4-5,8,14H,1-3,6-7,9H2. The van der Waals surface area contributed by atoms with Gasteiger partial charge < -0.3 is 16.0 Å². The fourth-order valence-corrected chi connectivity index (χ4v) is 9.07. The van der Waals surface area contributed by atoms with Crippen LogP contribution in [0.2, 0.25) is 5.02 Å². The first-order valence-corrected chi connectivity index (χ1v) is 17.3. The molecular formula is C36H47ClN6. The highest BCUT2D eigenvalue weighted by Gasteiger charge is 2.42. The third kappa shape index (κ3) is 5.61. The summed E-state index contributed by atoms with van der Waals surface area (Å²) < 4.78 is 0. The van der Waals surface area contributed by atoms with Gasteiger partial charge in [-0.2, -0.15) is 0 Å². The normalized spacial score (nSPS) is 22.9. The van der Waals surface area contributed by atoms with Crippen molar-refractivity contribution in [3.05, 3.63) is 71.0 Å². The van der Waals surface area contributed by atoms with Crippen molar-refractivity contribution in [3.8, 4) is 0 Å². The van der Waals surface area contributed by atoms with E-state index in [0.717, 1.165) is 30.3 Å². The Morgan fingerprint density at radius 1 is 0.512 bits per heavy atom. The predicted molar refractivity (Wildman–Crippen MR) is 177 cm³/mol. The first kappa shape index (κ1) is 28.9. The Morgan fingerprint density at radius 3 is 1.35 bits per heavy atom. The lowest BCUT2D eigenvalue weighted by atomic mass is 9.73. The van der Waals surface area contributed by atoms with Crippen LogP contribution < -0.4 is 16.0 Å². The van der Waals surface area contributed by atoms with Crippen molar-refractivity contribution < 1.29 is 0 Å². The maximum absolute atomic E-state index is 5.95. The summed E-state index contributed by atoms with van der Waals surface area (Å²) in [6, 6.07) is 10.4. The van der Waals surface area contributed by atoms with Gasteiger partial charge in [-0.05, 0) is 68.9 Å². The summed E-state index contributed by atoms with van der Waals surface area (Å²) in [5, 5.41) is 11.2. The molecule has 3 aromatic rings. The molecule has 3 aliphatic carbocycles. The third-order valence-corrected chi connectivity index (χ3v) is 11.5. The third-order valence-electron chi connectivity index (χ3n) is 11.3. The maximum atomic E-state index is 5.95. The van der Waals surface area contributed by atoms with E-state index in [0.29, 0.717) is 16.2 Å². The van der Waals surface area contributed by atoms with E-state index in [1.165, 1.54) is 125 Å². The van der Waals surface area contributed by atoms with Gasteiger partial charge in [0.1, 0.15) is 0 Å². The molecule has 3 saturated carbocycles. The van der Waals surface area contributed by atoms with Gasteiger partial charge in [0.15, 0.2) is 0 Å². The SMILES string of the molecule is Clc1cnc2c(c1)NCC21CCCCC1.c1cnc2c(c1)NCC21CCCCC1.c1cnc2c(c1)NCC21CCCCC1. The minimum Gasteiger partial charge on any atom is -0.383 e. The number of rotatable bonds is 0. The van der Waals surface area contributed by atoms with E-state index >= 15 is 0 Å². The molecule has 9 rings (SSSR count). The van der Waals surface area contributed by atoms with Gasteiger partial charge >= 0.3 is 0 Å². The summed E-state index contributed by atoms with van der Waals surface area (Å²) >= 11 is 5.95. The van der Waals surface area contributed by atoms with E-state index in [9.17, 15) is 0 Å². The fraction of sp³-hybridized carbons (Fsp3) is 0.583. The van der Waals surface area contributed by atoms with Crippen molar-refractivity contribution in [1.29, 1.82) is 0 Å². The minimum absolute atomic E-state index is 0.318. The lowest BCUT2D eigenvalue weighted by molar-refractivity contribution is 0.313. The second kappa shape index (κ2) is 12.3. The Hall–Kier alpha value is -2.86. The quantitative estimate of drug-likeness (QED) is 0.240. The van der Waals surface area contributed by atoms with Crippen molar-refractivity contribution in [2.75, 3.05) is 35.6 Å². The Bertz CT molecular complexity index is 1320. The molecule has 3 N–H and O–H groups in total. The van der Waals surface area contributed by atoms with Crippen molar-refractivity contribution >= 4 is 28.7 Å². The van der Waals surface area contributed by atoms with E-state index in [1.807, 2.05) is 30.6 Å². The number of hydrogen-bond acceptors (Lipinski definition) is 6. The molecule has 0 amide bonds. The summed E-state index contributed by atoms with van der Waals surface area (Å²) in [5.74, 6) is 0. The van der Waals surface area contributed by atoms with Crippen LogP contribution in [0.5, 0.6) is 0 Å². The van der Waals surface area contributed by atoms with E-state index in [1.54, 1.807) is 6.20 Å². The van der Waals surface area contributed by atoms with Gasteiger partial charge in [0, 0.05) is 54.5 Å². The highest BCUT2D eigenvalue weighted by molar-refractivity contribution is 6.30. The van der Waals surface area contributed by atoms with Crippen LogP contribution in [-0.2, 0) is 16.2 Å². The van der Waals surface area contributed by atoms with Crippen molar-refractivity contribution in [1.82, 2.24) is 15.0 Å². The van der Waals surface area contributed by atoms with Crippen LogP contribution in [0.15, 0.2) is 48.9 Å². The number of nitrogens with zero attached hydrogens (tertiary/aromatic N) is 3. The van der Waals surface area contributed by atoms with E-state index < -0.39 is 0 Å². The summed E-state index contributed by atoms with van der Waals surface area (Å²) in [7, 11) is 0. The average molecular weight is 599 g/mol. The van der Waals surface area contributed by atoms with Crippen molar-refractivity contribution in [3.63, 3.8) is 0 Å². The lowest BCUT2D eigenvalue weighted by Gasteiger charge is -2.32. The van der Waals surface area contributed by atoms with Crippen LogP contribution in [0.1, 0.15) is 113 Å². The number of anilines is 3. The zero-order chi connectivity index (χ0) is 29.2. The van der Waals surface area contributed by atoms with Crippen LogP contribution in [0.4, 0.5) is 17.1 Å². The van der Waals surface area contributed by atoms with Crippen molar-refractivity contribution in [2.45, 2.75) is 113 Å². The zero-order valence-corrected chi connectivity index (χ0v) is 26.3. The van der Waals surface area contributed by atoms with Gasteiger partial charge in [-0.3, -0.25) is 15.0 Å². The summed E-state index contributed by atoms with van der Waals surface area (Å²) in [5.41, 5.74) is 8.71. The first-order valence-electron chi connectivity index (χ1n) is 16.9. The summed E-state index contributed by atoms with van der Waals surface area (Å²) in [6.07, 6.45) is 25.9. The van der Waals surface area contributed by atoms with Crippen LogP contribution >= 0.6 is 11.6 Å². The monoisotopic (exact) mass is 598 g/mol. The van der Waals surface area contributed by atoms with Gasteiger partial charge in [0.25, 0.3) is 0 Å². The molecule has 6 nitrogen and oxygen atoms in total. The average Bonchev–Trinajstić information content (AvgIpc) is 3.72. The van der Waals surface area contributed by atoms with E-state index in [2.05, 4.69) is 43.0 Å². The van der Waals surface area contributed by atoms with E-state index in [4.69, 9.17) is 11.6 Å². The lowest BCUT2D eigenvalue weighted by Crippen LogP contribution is -2.31. The molecule has 0 radical (unpaired) electrons. The zero-order valence-electron chi connectivity index (χ0n) is 25.6. The predicted octanol–water partition coefficient (Wildman–Crippen LogP) is 8.78. The number of pyridine rings is 3. The van der Waals surface area contributed by atoms with Gasteiger partial charge in [0.05, 0.1) is 39.2 Å². The van der Waals surface area contributed by atoms with Crippen LogP contribution in [0.25, 0.3) is 0 Å². The molecule has 3 spiro atoms. The Kier molecular flexibility index (Phi) is 8.24. The van der Waals surface area contributed by atoms with Crippen LogP contribution in [-0.4, -0.2) is 34.6 Å². The first-order chi connectivity index (χ1) is 21.1. The summed E-state index contributed by atoms with van der Waals surface area (Å²) in [4.78, 5) is 13.7. The second-order valence-electron chi connectivity index (χ2n) is 13.9. The summed E-state index contributed by atoms with van der Waals surface area (Å²) in [6.45, 7) is 3.27. The molecule has 43 heavy (non-hydrogen) atoms. The molecule has 0 saturated heterocycles. The largest absolute Gasteiger partial charge is 0.383 e. The number of fused-ring (bicyclic) bond motifs is 6. The topological polar surface area (TPSA) is 74.8 Å². The highest BCUT2D eigenvalue weighted by atomic mass is 35.5. The number of hydrogen-bond donors (Lipinski definition) is 3. The van der Waals surface area contributed by atoms with Crippen LogP contribution in [0, 0.1) is 0 Å². The molecule has 3 fully saturated rings. The Balaban J connectivity index is 0.000000105. The smallest absolute Gasteiger partial charge is 0.0715 e.